The third kappa shape index (κ3) is 1.59. The molecule has 0 bridgehead atoms. The van der Waals surface area contributed by atoms with E-state index < -0.39 is 5.60 Å². The molecule has 1 aromatic rings. The lowest BCUT2D eigenvalue weighted by atomic mass is 10.1. The van der Waals surface area contributed by atoms with Crippen LogP contribution in [0.4, 0.5) is 0 Å². The topological polar surface area (TPSA) is 47.9 Å². The summed E-state index contributed by atoms with van der Waals surface area (Å²) in [6, 6.07) is 3.61. The van der Waals surface area contributed by atoms with E-state index in [4.69, 9.17) is 14.2 Å². The van der Waals surface area contributed by atoms with Crippen molar-refractivity contribution in [3.05, 3.63) is 17.7 Å². The molecule has 1 fully saturated rings. The highest BCUT2D eigenvalue weighted by Gasteiger charge is 2.45. The van der Waals surface area contributed by atoms with Gasteiger partial charge in [0.25, 0.3) is 0 Å². The van der Waals surface area contributed by atoms with E-state index in [9.17, 15) is 5.11 Å². The van der Waals surface area contributed by atoms with Crippen molar-refractivity contribution in [2.75, 3.05) is 21.3 Å². The van der Waals surface area contributed by atoms with Crippen molar-refractivity contribution in [2.45, 2.75) is 18.4 Å². The number of aliphatic hydroxyl groups is 1. The van der Waals surface area contributed by atoms with Crippen LogP contribution in [0.3, 0.4) is 0 Å². The second kappa shape index (κ2) is 3.87. The van der Waals surface area contributed by atoms with Gasteiger partial charge >= 0.3 is 0 Å². The van der Waals surface area contributed by atoms with Crippen molar-refractivity contribution < 1.29 is 19.3 Å². The van der Waals surface area contributed by atoms with Crippen molar-refractivity contribution in [1.82, 2.24) is 0 Å². The minimum atomic E-state index is -0.745. The first-order valence-corrected chi connectivity index (χ1v) is 5.18. The van der Waals surface area contributed by atoms with E-state index in [0.29, 0.717) is 17.2 Å². The smallest absolute Gasteiger partial charge is 0.203 e. The highest BCUT2D eigenvalue weighted by molar-refractivity contribution is 5.58. The molecule has 1 aliphatic carbocycles. The summed E-state index contributed by atoms with van der Waals surface area (Å²) >= 11 is 0. The molecule has 4 heteroatoms. The minimum Gasteiger partial charge on any atom is -0.493 e. The van der Waals surface area contributed by atoms with Crippen LogP contribution in [0.2, 0.25) is 0 Å². The average Bonchev–Trinajstić information content (AvgIpc) is 3.06. The van der Waals surface area contributed by atoms with Gasteiger partial charge in [-0.15, -0.1) is 0 Å². The van der Waals surface area contributed by atoms with Gasteiger partial charge in [-0.05, 0) is 25.0 Å². The summed E-state index contributed by atoms with van der Waals surface area (Å²) in [5, 5.41) is 10.1. The molecule has 1 aliphatic rings. The zero-order valence-electron chi connectivity index (χ0n) is 9.74. The van der Waals surface area contributed by atoms with Crippen LogP contribution in [-0.2, 0) is 5.60 Å². The summed E-state index contributed by atoms with van der Waals surface area (Å²) in [5.41, 5.74) is 0.0258. The zero-order valence-corrected chi connectivity index (χ0v) is 9.74. The maximum atomic E-state index is 10.1. The summed E-state index contributed by atoms with van der Waals surface area (Å²) in [7, 11) is 4.69. The predicted octanol–water partition coefficient (Wildman–Crippen LogP) is 1.69. The number of methoxy groups -OCH3 is 3. The van der Waals surface area contributed by atoms with E-state index >= 15 is 0 Å². The number of hydrogen-bond donors (Lipinski definition) is 1. The Morgan fingerprint density at radius 1 is 1.00 bits per heavy atom. The Hall–Kier alpha value is -1.42. The van der Waals surface area contributed by atoms with Gasteiger partial charge in [0.15, 0.2) is 11.5 Å². The maximum Gasteiger partial charge on any atom is 0.203 e. The summed E-state index contributed by atoms with van der Waals surface area (Å²) in [5.74, 6) is 1.69. The Balaban J connectivity index is 2.55. The SMILES string of the molecule is COc1ccc(C2(O)CC2)c(OC)c1OC. The largest absolute Gasteiger partial charge is 0.493 e. The molecule has 0 amide bonds. The first-order valence-electron chi connectivity index (χ1n) is 5.18. The molecule has 16 heavy (non-hydrogen) atoms. The molecule has 1 aromatic carbocycles. The van der Waals surface area contributed by atoms with Gasteiger partial charge < -0.3 is 19.3 Å². The Bertz CT molecular complexity index is 396. The predicted molar refractivity (Wildman–Crippen MR) is 59.2 cm³/mol. The molecule has 88 valence electrons. The molecule has 0 heterocycles. The van der Waals surface area contributed by atoms with Crippen LogP contribution >= 0.6 is 0 Å². The van der Waals surface area contributed by atoms with Gasteiger partial charge in [0.2, 0.25) is 5.75 Å². The van der Waals surface area contributed by atoms with Crippen molar-refractivity contribution in [2.24, 2.45) is 0 Å². The first kappa shape index (κ1) is 11.1. The van der Waals surface area contributed by atoms with Gasteiger partial charge in [-0.3, -0.25) is 0 Å². The van der Waals surface area contributed by atoms with Gasteiger partial charge in [0.1, 0.15) is 0 Å². The Labute approximate surface area is 94.8 Å². The highest BCUT2D eigenvalue weighted by atomic mass is 16.5. The molecule has 0 unspecified atom stereocenters. The molecule has 1 N–H and O–H groups in total. The van der Waals surface area contributed by atoms with Crippen LogP contribution in [0.1, 0.15) is 18.4 Å². The standard InChI is InChI=1S/C12H16O4/c1-14-9-5-4-8(12(13)6-7-12)10(15-2)11(9)16-3/h4-5,13H,6-7H2,1-3H3. The summed E-state index contributed by atoms with van der Waals surface area (Å²) in [6.07, 6.45) is 1.53. The van der Waals surface area contributed by atoms with Gasteiger partial charge in [-0.1, -0.05) is 0 Å². The monoisotopic (exact) mass is 224 g/mol. The molecule has 0 aliphatic heterocycles. The van der Waals surface area contributed by atoms with Crippen molar-refractivity contribution >= 4 is 0 Å². The Morgan fingerprint density at radius 3 is 2.06 bits per heavy atom. The normalized spacial score (nSPS) is 16.8. The summed E-state index contributed by atoms with van der Waals surface area (Å²) in [4.78, 5) is 0. The molecule has 0 spiro atoms. The molecule has 2 rings (SSSR count). The molecule has 1 saturated carbocycles. The van der Waals surface area contributed by atoms with Crippen molar-refractivity contribution in [3.63, 3.8) is 0 Å². The molecule has 0 radical (unpaired) electrons. The Morgan fingerprint density at radius 2 is 1.62 bits per heavy atom. The van der Waals surface area contributed by atoms with Gasteiger partial charge in [-0.2, -0.15) is 0 Å². The highest BCUT2D eigenvalue weighted by Crippen LogP contribution is 2.53. The fourth-order valence-corrected chi connectivity index (χ4v) is 1.86. The lowest BCUT2D eigenvalue weighted by Gasteiger charge is -2.18. The molecule has 4 nitrogen and oxygen atoms in total. The fourth-order valence-electron chi connectivity index (χ4n) is 1.86. The molecular weight excluding hydrogens is 208 g/mol. The summed E-state index contributed by atoms with van der Waals surface area (Å²) in [6.45, 7) is 0. The van der Waals surface area contributed by atoms with Gasteiger partial charge in [0.05, 0.1) is 26.9 Å². The van der Waals surface area contributed by atoms with Crippen molar-refractivity contribution in [3.8, 4) is 17.2 Å². The number of ether oxygens (including phenoxy) is 3. The second-order valence-corrected chi connectivity index (χ2v) is 3.91. The van der Waals surface area contributed by atoms with E-state index in [2.05, 4.69) is 0 Å². The molecular formula is C12H16O4. The fraction of sp³-hybridized carbons (Fsp3) is 0.500. The third-order valence-electron chi connectivity index (χ3n) is 2.93. The third-order valence-corrected chi connectivity index (χ3v) is 2.93. The van der Waals surface area contributed by atoms with E-state index in [1.807, 2.05) is 6.07 Å². The van der Waals surface area contributed by atoms with Gasteiger partial charge in [0, 0.05) is 5.56 Å². The number of hydrogen-bond acceptors (Lipinski definition) is 4. The number of rotatable bonds is 4. The van der Waals surface area contributed by atoms with E-state index in [1.165, 1.54) is 0 Å². The quantitative estimate of drug-likeness (QED) is 0.845. The summed E-state index contributed by atoms with van der Waals surface area (Å²) < 4.78 is 15.8. The van der Waals surface area contributed by atoms with E-state index in [-0.39, 0.29) is 0 Å². The lowest BCUT2D eigenvalue weighted by Crippen LogP contribution is -2.08. The minimum absolute atomic E-state index is 0.530. The zero-order chi connectivity index (χ0) is 11.8. The van der Waals surface area contributed by atoms with Crippen LogP contribution < -0.4 is 14.2 Å². The maximum absolute atomic E-state index is 10.1. The van der Waals surface area contributed by atoms with E-state index in [1.54, 1.807) is 27.4 Å². The average molecular weight is 224 g/mol. The molecule has 0 aromatic heterocycles. The second-order valence-electron chi connectivity index (χ2n) is 3.91. The van der Waals surface area contributed by atoms with Crippen LogP contribution in [0.15, 0.2) is 12.1 Å². The van der Waals surface area contributed by atoms with Crippen LogP contribution in [-0.4, -0.2) is 26.4 Å². The Kier molecular flexibility index (Phi) is 2.68. The van der Waals surface area contributed by atoms with E-state index in [0.717, 1.165) is 18.4 Å². The molecule has 0 saturated heterocycles. The lowest BCUT2D eigenvalue weighted by molar-refractivity contribution is 0.146. The number of benzene rings is 1. The van der Waals surface area contributed by atoms with Crippen LogP contribution in [0, 0.1) is 0 Å². The van der Waals surface area contributed by atoms with Crippen LogP contribution in [0.5, 0.6) is 17.2 Å². The van der Waals surface area contributed by atoms with Crippen molar-refractivity contribution in [1.29, 1.82) is 0 Å². The van der Waals surface area contributed by atoms with Gasteiger partial charge in [-0.25, -0.2) is 0 Å². The molecule has 0 atom stereocenters. The van der Waals surface area contributed by atoms with Crippen LogP contribution in [0.25, 0.3) is 0 Å². The first-order chi connectivity index (χ1) is 7.66.